The number of rotatable bonds is 16. The minimum Gasteiger partial charge on any atom is -0.468 e. The number of nitrogens with zero attached hydrogens (tertiary/aromatic N) is 2. The lowest BCUT2D eigenvalue weighted by molar-refractivity contribution is 0.0487. The summed E-state index contributed by atoms with van der Waals surface area (Å²) in [7, 11) is 0. The number of unbranched alkanes of at least 4 members (excludes halogenated alkanes) is 1. The summed E-state index contributed by atoms with van der Waals surface area (Å²) in [6.45, 7) is 15.3. The summed E-state index contributed by atoms with van der Waals surface area (Å²) >= 11 is 0. The zero-order valence-electron chi connectivity index (χ0n) is 18.2. The first-order valence-corrected chi connectivity index (χ1v) is 10.7. The van der Waals surface area contributed by atoms with E-state index in [0.717, 1.165) is 50.8 Å². The van der Waals surface area contributed by atoms with Gasteiger partial charge in [0.1, 0.15) is 5.76 Å². The van der Waals surface area contributed by atoms with Crippen LogP contribution in [0.2, 0.25) is 0 Å². The van der Waals surface area contributed by atoms with E-state index in [1.54, 1.807) is 6.26 Å². The fourth-order valence-corrected chi connectivity index (χ4v) is 2.86. The molecule has 0 spiro atoms. The Bertz CT molecular complexity index is 490. The Hall–Kier alpha value is -1.57. The molecular formula is C21H40N4O3. The van der Waals surface area contributed by atoms with Crippen molar-refractivity contribution >= 4 is 5.96 Å². The van der Waals surface area contributed by atoms with E-state index >= 15 is 0 Å². The van der Waals surface area contributed by atoms with Crippen molar-refractivity contribution in [1.29, 1.82) is 0 Å². The first kappa shape index (κ1) is 24.5. The fraction of sp³-hybridized carbons (Fsp3) is 0.762. The molecule has 7 heteroatoms. The van der Waals surface area contributed by atoms with E-state index < -0.39 is 0 Å². The highest BCUT2D eigenvalue weighted by molar-refractivity contribution is 5.79. The number of hydrogen-bond donors (Lipinski definition) is 2. The highest BCUT2D eigenvalue weighted by atomic mass is 16.5. The van der Waals surface area contributed by atoms with Crippen molar-refractivity contribution < 1.29 is 13.9 Å². The second-order valence-electron chi connectivity index (χ2n) is 6.48. The molecule has 0 amide bonds. The Balaban J connectivity index is 2.42. The van der Waals surface area contributed by atoms with E-state index in [0.29, 0.717) is 32.9 Å². The standard InChI is InChI=1S/C21H40N4O3/c1-5-9-13-26-16-17-27-15-12-23-21(22-6-2)24-18-19(25(7-3)8-4)20-11-10-14-28-20/h10-11,14,19H,5-9,12-13,15-18H2,1-4H3,(H2,22,23,24). The van der Waals surface area contributed by atoms with E-state index in [2.05, 4.69) is 43.2 Å². The molecule has 2 N–H and O–H groups in total. The molecular weight excluding hydrogens is 356 g/mol. The summed E-state index contributed by atoms with van der Waals surface area (Å²) in [5.74, 6) is 1.75. The van der Waals surface area contributed by atoms with Gasteiger partial charge in [-0.1, -0.05) is 27.2 Å². The van der Waals surface area contributed by atoms with Crippen LogP contribution in [-0.4, -0.2) is 70.0 Å². The second kappa shape index (κ2) is 16.4. The topological polar surface area (TPSA) is 71.3 Å². The van der Waals surface area contributed by atoms with E-state index in [1.807, 2.05) is 12.1 Å². The van der Waals surface area contributed by atoms with Gasteiger partial charge in [-0.15, -0.1) is 0 Å². The quantitative estimate of drug-likeness (QED) is 0.254. The summed E-state index contributed by atoms with van der Waals surface area (Å²) in [5.41, 5.74) is 0. The van der Waals surface area contributed by atoms with Gasteiger partial charge in [-0.2, -0.15) is 0 Å². The molecule has 162 valence electrons. The summed E-state index contributed by atoms with van der Waals surface area (Å²) in [5, 5.41) is 6.62. The number of furan rings is 1. The Labute approximate surface area is 170 Å². The van der Waals surface area contributed by atoms with Crippen LogP contribution in [0.1, 0.15) is 52.3 Å². The number of hydrogen-bond acceptors (Lipinski definition) is 5. The lowest BCUT2D eigenvalue weighted by Crippen LogP contribution is -2.40. The van der Waals surface area contributed by atoms with Gasteiger partial charge in [-0.05, 0) is 38.6 Å². The van der Waals surface area contributed by atoms with Gasteiger partial charge in [0, 0.05) is 19.7 Å². The first-order valence-electron chi connectivity index (χ1n) is 10.7. The average molecular weight is 397 g/mol. The summed E-state index contributed by atoms with van der Waals surface area (Å²) in [4.78, 5) is 7.12. The molecule has 0 saturated heterocycles. The maximum atomic E-state index is 5.65. The van der Waals surface area contributed by atoms with Crippen LogP contribution in [0.5, 0.6) is 0 Å². The van der Waals surface area contributed by atoms with E-state index in [9.17, 15) is 0 Å². The molecule has 0 aliphatic carbocycles. The van der Waals surface area contributed by atoms with Crippen LogP contribution in [0, 0.1) is 0 Å². The van der Waals surface area contributed by atoms with Gasteiger partial charge >= 0.3 is 0 Å². The maximum Gasteiger partial charge on any atom is 0.191 e. The van der Waals surface area contributed by atoms with Crippen molar-refractivity contribution in [3.63, 3.8) is 0 Å². The summed E-state index contributed by atoms with van der Waals surface area (Å²) in [6, 6.07) is 4.09. The van der Waals surface area contributed by atoms with Crippen molar-refractivity contribution in [2.45, 2.75) is 46.6 Å². The highest BCUT2D eigenvalue weighted by Gasteiger charge is 2.20. The number of nitrogens with one attached hydrogen (secondary N) is 2. The smallest absolute Gasteiger partial charge is 0.191 e. The minimum absolute atomic E-state index is 0.136. The third-order valence-corrected chi connectivity index (χ3v) is 4.44. The monoisotopic (exact) mass is 396 g/mol. The number of likely N-dealkylation sites (N-methyl/N-ethyl adjacent to an activating group) is 1. The molecule has 0 bridgehead atoms. The lowest BCUT2D eigenvalue weighted by Gasteiger charge is -2.27. The van der Waals surface area contributed by atoms with Gasteiger partial charge < -0.3 is 24.5 Å². The SMILES string of the molecule is CCCCOCCOCCNC(=NCC(c1ccco1)N(CC)CC)NCC. The number of guanidine groups is 1. The number of aliphatic imine (C=N–C) groups is 1. The molecule has 28 heavy (non-hydrogen) atoms. The third-order valence-electron chi connectivity index (χ3n) is 4.44. The van der Waals surface area contributed by atoms with Crippen LogP contribution in [0.25, 0.3) is 0 Å². The van der Waals surface area contributed by atoms with Crippen LogP contribution in [0.3, 0.4) is 0 Å². The number of ether oxygens (including phenoxy) is 2. The van der Waals surface area contributed by atoms with Gasteiger partial charge in [0.05, 0.1) is 38.7 Å². The molecule has 0 aliphatic heterocycles. The molecule has 1 rings (SSSR count). The molecule has 0 radical (unpaired) electrons. The molecule has 1 unspecified atom stereocenters. The van der Waals surface area contributed by atoms with Crippen molar-refractivity contribution in [1.82, 2.24) is 15.5 Å². The molecule has 0 aliphatic rings. The molecule has 1 atom stereocenters. The van der Waals surface area contributed by atoms with Gasteiger partial charge in [0.2, 0.25) is 0 Å². The summed E-state index contributed by atoms with van der Waals surface area (Å²) < 4.78 is 16.7. The van der Waals surface area contributed by atoms with Crippen LogP contribution < -0.4 is 10.6 Å². The largest absolute Gasteiger partial charge is 0.468 e. The predicted octanol–water partition coefficient (Wildman–Crippen LogP) is 3.05. The van der Waals surface area contributed by atoms with Crippen LogP contribution in [0.15, 0.2) is 27.8 Å². The average Bonchev–Trinajstić information content (AvgIpc) is 3.24. The van der Waals surface area contributed by atoms with E-state index in [4.69, 9.17) is 18.9 Å². The van der Waals surface area contributed by atoms with E-state index in [-0.39, 0.29) is 6.04 Å². The minimum atomic E-state index is 0.136. The van der Waals surface area contributed by atoms with Gasteiger partial charge in [0.15, 0.2) is 5.96 Å². The third kappa shape index (κ3) is 10.1. The first-order chi connectivity index (χ1) is 13.8. The van der Waals surface area contributed by atoms with Crippen molar-refractivity contribution in [2.75, 3.05) is 59.2 Å². The maximum absolute atomic E-state index is 5.65. The molecule has 0 fully saturated rings. The molecule has 1 heterocycles. The highest BCUT2D eigenvalue weighted by Crippen LogP contribution is 2.21. The van der Waals surface area contributed by atoms with Crippen molar-refractivity contribution in [2.24, 2.45) is 4.99 Å². The Morgan fingerprint density at radius 1 is 1.07 bits per heavy atom. The molecule has 0 aromatic carbocycles. The Kier molecular flexibility index (Phi) is 14.3. The van der Waals surface area contributed by atoms with Crippen LogP contribution in [-0.2, 0) is 9.47 Å². The van der Waals surface area contributed by atoms with Gasteiger partial charge in [-0.25, -0.2) is 0 Å². The van der Waals surface area contributed by atoms with Crippen LogP contribution >= 0.6 is 0 Å². The lowest BCUT2D eigenvalue weighted by atomic mass is 10.2. The zero-order chi connectivity index (χ0) is 20.5. The predicted molar refractivity (Wildman–Crippen MR) is 115 cm³/mol. The van der Waals surface area contributed by atoms with Crippen LogP contribution in [0.4, 0.5) is 0 Å². The van der Waals surface area contributed by atoms with E-state index in [1.165, 1.54) is 0 Å². The molecule has 7 nitrogen and oxygen atoms in total. The van der Waals surface area contributed by atoms with Gasteiger partial charge in [-0.3, -0.25) is 9.89 Å². The normalized spacial score (nSPS) is 13.1. The molecule has 1 aromatic rings. The molecule has 1 aromatic heterocycles. The zero-order valence-corrected chi connectivity index (χ0v) is 18.2. The van der Waals surface area contributed by atoms with Crippen molar-refractivity contribution in [3.05, 3.63) is 24.2 Å². The Morgan fingerprint density at radius 2 is 1.82 bits per heavy atom. The van der Waals surface area contributed by atoms with Crippen molar-refractivity contribution in [3.8, 4) is 0 Å². The summed E-state index contributed by atoms with van der Waals surface area (Å²) in [6.07, 6.45) is 3.99. The second-order valence-corrected chi connectivity index (χ2v) is 6.48. The fourth-order valence-electron chi connectivity index (χ4n) is 2.86. The Morgan fingerprint density at radius 3 is 2.43 bits per heavy atom. The van der Waals surface area contributed by atoms with Gasteiger partial charge in [0.25, 0.3) is 0 Å². The molecule has 0 saturated carbocycles.